The lowest BCUT2D eigenvalue weighted by molar-refractivity contribution is 0.0972. The molecule has 5 nitrogen and oxygen atoms in total. The van der Waals surface area contributed by atoms with Gasteiger partial charge in [0.05, 0.1) is 19.4 Å². The Morgan fingerprint density at radius 3 is 2.57 bits per heavy atom. The summed E-state index contributed by atoms with van der Waals surface area (Å²) in [5.74, 6) is 1.05. The number of aliphatic hydroxyl groups excluding tert-OH is 1. The summed E-state index contributed by atoms with van der Waals surface area (Å²) in [7, 11) is 3.59. The van der Waals surface area contributed by atoms with Gasteiger partial charge in [-0.25, -0.2) is 0 Å². The van der Waals surface area contributed by atoms with Crippen molar-refractivity contribution in [3.63, 3.8) is 0 Å². The predicted molar refractivity (Wildman–Crippen MR) is 116 cm³/mol. The van der Waals surface area contributed by atoms with Crippen molar-refractivity contribution in [2.24, 2.45) is 12.8 Å². The molecule has 2 aromatic rings. The Hall–Kier alpha value is -1.82. The first-order chi connectivity index (χ1) is 12.8. The molecule has 0 unspecified atom stereocenters. The summed E-state index contributed by atoms with van der Waals surface area (Å²) in [6.45, 7) is 3.82. The van der Waals surface area contributed by atoms with Crippen LogP contribution < -0.4 is 10.5 Å². The molecule has 0 aliphatic rings. The second-order valence-electron chi connectivity index (χ2n) is 7.66. The Kier molecular flexibility index (Phi) is 9.21. The van der Waals surface area contributed by atoms with Crippen LogP contribution in [0.4, 0.5) is 0 Å². The summed E-state index contributed by atoms with van der Waals surface area (Å²) >= 11 is 0. The minimum absolute atomic E-state index is 0. The third-order valence-electron chi connectivity index (χ3n) is 5.15. The minimum atomic E-state index is -0.592. The van der Waals surface area contributed by atoms with Crippen LogP contribution >= 0.6 is 12.4 Å². The van der Waals surface area contributed by atoms with Crippen molar-refractivity contribution in [2.75, 3.05) is 13.7 Å². The normalized spacial score (nSPS) is 12.9. The average molecular weight is 409 g/mol. The van der Waals surface area contributed by atoms with Gasteiger partial charge in [0.1, 0.15) is 5.75 Å². The van der Waals surface area contributed by atoms with E-state index in [4.69, 9.17) is 10.5 Å². The largest absolute Gasteiger partial charge is 0.496 e. The van der Waals surface area contributed by atoms with Gasteiger partial charge in [-0.3, -0.25) is 4.79 Å². The lowest BCUT2D eigenvalue weighted by Crippen LogP contribution is -2.40. The van der Waals surface area contributed by atoms with Crippen LogP contribution in [-0.2, 0) is 19.9 Å². The highest BCUT2D eigenvalue weighted by atomic mass is 35.5. The zero-order chi connectivity index (χ0) is 20.0. The van der Waals surface area contributed by atoms with E-state index in [2.05, 4.69) is 12.1 Å². The van der Waals surface area contributed by atoms with E-state index in [0.29, 0.717) is 12.8 Å². The van der Waals surface area contributed by atoms with Crippen LogP contribution in [0.5, 0.6) is 5.75 Å². The number of halogens is 1. The first-order valence-corrected chi connectivity index (χ1v) is 9.48. The molecule has 0 spiro atoms. The van der Waals surface area contributed by atoms with Crippen molar-refractivity contribution in [2.45, 2.75) is 51.5 Å². The van der Waals surface area contributed by atoms with E-state index in [-0.39, 0.29) is 24.8 Å². The molecule has 156 valence electrons. The number of rotatable bonds is 10. The molecule has 1 heterocycles. The van der Waals surface area contributed by atoms with Gasteiger partial charge in [0.25, 0.3) is 0 Å². The molecule has 0 bridgehead atoms. The van der Waals surface area contributed by atoms with Crippen LogP contribution in [0.25, 0.3) is 0 Å². The Morgan fingerprint density at radius 1 is 1.25 bits per heavy atom. The quantitative estimate of drug-likeness (QED) is 0.588. The van der Waals surface area contributed by atoms with E-state index >= 15 is 0 Å². The number of nitrogens with zero attached hydrogens (tertiary/aromatic N) is 1. The zero-order valence-electron chi connectivity index (χ0n) is 17.3. The molecular formula is C22H33ClN2O3. The Balaban J connectivity index is 0.00000392. The fourth-order valence-electron chi connectivity index (χ4n) is 3.25. The van der Waals surface area contributed by atoms with Gasteiger partial charge >= 0.3 is 0 Å². The van der Waals surface area contributed by atoms with Gasteiger partial charge in [0.15, 0.2) is 5.78 Å². The summed E-state index contributed by atoms with van der Waals surface area (Å²) < 4.78 is 7.24. The smallest absolute Gasteiger partial charge is 0.179 e. The van der Waals surface area contributed by atoms with Crippen LogP contribution in [0.3, 0.4) is 0 Å². The van der Waals surface area contributed by atoms with Gasteiger partial charge in [0, 0.05) is 24.7 Å². The Labute approximate surface area is 174 Å². The molecule has 1 aromatic carbocycles. The van der Waals surface area contributed by atoms with Crippen molar-refractivity contribution in [3.05, 3.63) is 52.8 Å². The second-order valence-corrected chi connectivity index (χ2v) is 7.66. The molecule has 2 rings (SSSR count). The summed E-state index contributed by atoms with van der Waals surface area (Å²) in [5, 5.41) is 9.28. The molecule has 0 fully saturated rings. The van der Waals surface area contributed by atoms with Gasteiger partial charge in [-0.1, -0.05) is 12.1 Å². The number of nitrogens with two attached hydrogens (primary N) is 1. The predicted octanol–water partition coefficient (Wildman–Crippen LogP) is 3.61. The van der Waals surface area contributed by atoms with E-state index in [1.807, 2.05) is 43.7 Å². The van der Waals surface area contributed by atoms with Crippen LogP contribution in [0, 0.1) is 6.92 Å². The average Bonchev–Trinajstić information content (AvgIpc) is 3.01. The fraction of sp³-hybridized carbons (Fsp3) is 0.500. The molecular weight excluding hydrogens is 376 g/mol. The standard InChI is InChI=1S/C22H32N2O3.ClH/c1-16-14-17(8-11-21(16)27-4)6-5-7-20(26)19-10-9-18(24(19)3)12-13-22(2,23)15-25;/h8-11,14,25H,5-7,12-13,15,23H2,1-4H3;1H/t22-;/m1./s1. The number of aliphatic hydroxyl groups is 1. The molecule has 3 N–H and O–H groups in total. The number of ether oxygens (including phenoxy) is 1. The number of hydrogen-bond acceptors (Lipinski definition) is 4. The molecule has 28 heavy (non-hydrogen) atoms. The Bertz CT molecular complexity index is 784. The van der Waals surface area contributed by atoms with Crippen molar-refractivity contribution >= 4 is 18.2 Å². The van der Waals surface area contributed by atoms with Crippen molar-refractivity contribution in [1.82, 2.24) is 4.57 Å². The molecule has 0 aliphatic heterocycles. The summed E-state index contributed by atoms with van der Waals surface area (Å²) in [6.07, 6.45) is 3.62. The van der Waals surface area contributed by atoms with Gasteiger partial charge in [0.2, 0.25) is 0 Å². The van der Waals surface area contributed by atoms with Crippen molar-refractivity contribution < 1.29 is 14.6 Å². The number of carbonyl (C=O) groups excluding carboxylic acids is 1. The van der Waals surface area contributed by atoms with E-state index in [0.717, 1.165) is 42.0 Å². The highest BCUT2D eigenvalue weighted by molar-refractivity contribution is 5.94. The number of methoxy groups -OCH3 is 1. The van der Waals surface area contributed by atoms with E-state index in [1.54, 1.807) is 7.11 Å². The maximum atomic E-state index is 12.6. The topological polar surface area (TPSA) is 77.5 Å². The minimum Gasteiger partial charge on any atom is -0.496 e. The summed E-state index contributed by atoms with van der Waals surface area (Å²) in [6, 6.07) is 10.0. The number of Topliss-reactive ketones (excluding diaryl/α,β-unsaturated/α-hetero) is 1. The molecule has 0 saturated carbocycles. The monoisotopic (exact) mass is 408 g/mol. The van der Waals surface area contributed by atoms with E-state index in [9.17, 15) is 9.90 Å². The number of benzene rings is 1. The molecule has 6 heteroatoms. The molecule has 1 atom stereocenters. The maximum Gasteiger partial charge on any atom is 0.179 e. The van der Waals surface area contributed by atoms with E-state index in [1.165, 1.54) is 5.56 Å². The summed E-state index contributed by atoms with van der Waals surface area (Å²) in [4.78, 5) is 12.6. The van der Waals surface area contributed by atoms with Gasteiger partial charge < -0.3 is 20.1 Å². The number of hydrogen-bond donors (Lipinski definition) is 2. The number of carbonyl (C=O) groups is 1. The maximum absolute atomic E-state index is 12.6. The second kappa shape index (κ2) is 10.6. The number of ketones is 1. The summed E-state index contributed by atoms with van der Waals surface area (Å²) in [5.41, 5.74) is 9.54. The van der Waals surface area contributed by atoms with Crippen LogP contribution in [-0.4, -0.2) is 34.7 Å². The Morgan fingerprint density at radius 2 is 1.96 bits per heavy atom. The molecule has 0 saturated heterocycles. The van der Waals surface area contributed by atoms with E-state index < -0.39 is 5.54 Å². The fourth-order valence-corrected chi connectivity index (χ4v) is 3.25. The lowest BCUT2D eigenvalue weighted by atomic mass is 9.97. The highest BCUT2D eigenvalue weighted by Crippen LogP contribution is 2.20. The molecule has 0 radical (unpaired) electrons. The first kappa shape index (κ1) is 24.2. The van der Waals surface area contributed by atoms with Crippen LogP contribution in [0.1, 0.15) is 53.5 Å². The zero-order valence-corrected chi connectivity index (χ0v) is 18.1. The lowest BCUT2D eigenvalue weighted by Gasteiger charge is -2.21. The third-order valence-corrected chi connectivity index (χ3v) is 5.15. The first-order valence-electron chi connectivity index (χ1n) is 9.48. The van der Waals surface area contributed by atoms with Gasteiger partial charge in [-0.05, 0) is 68.9 Å². The molecule has 0 amide bonds. The van der Waals surface area contributed by atoms with Crippen LogP contribution in [0.2, 0.25) is 0 Å². The number of aryl methyl sites for hydroxylation is 3. The molecule has 1 aromatic heterocycles. The highest BCUT2D eigenvalue weighted by Gasteiger charge is 2.19. The van der Waals surface area contributed by atoms with Gasteiger partial charge in [-0.2, -0.15) is 0 Å². The van der Waals surface area contributed by atoms with Crippen molar-refractivity contribution in [3.8, 4) is 5.75 Å². The SMILES string of the molecule is COc1ccc(CCCC(=O)c2ccc(CC[C@@](C)(N)CO)n2C)cc1C.Cl. The van der Waals surface area contributed by atoms with Crippen LogP contribution in [0.15, 0.2) is 30.3 Å². The van der Waals surface area contributed by atoms with Gasteiger partial charge in [-0.15, -0.1) is 12.4 Å². The van der Waals surface area contributed by atoms with Crippen molar-refractivity contribution in [1.29, 1.82) is 0 Å². The molecule has 0 aliphatic carbocycles. The third kappa shape index (κ3) is 6.36. The number of aromatic nitrogens is 1.